The highest BCUT2D eigenvalue weighted by molar-refractivity contribution is 5.90. The molecule has 2 aromatic carbocycles. The highest BCUT2D eigenvalue weighted by atomic mass is 16.5. The second kappa shape index (κ2) is 11.7. The first-order chi connectivity index (χ1) is 15.4. The third-order valence-electron chi connectivity index (χ3n) is 6.09. The number of nitrogens with zero attached hydrogens (tertiary/aromatic N) is 1. The molecule has 0 saturated carbocycles. The summed E-state index contributed by atoms with van der Waals surface area (Å²) >= 11 is 0. The van der Waals surface area contributed by atoms with Gasteiger partial charge in [0.25, 0.3) is 0 Å². The van der Waals surface area contributed by atoms with Crippen LogP contribution in [0, 0.1) is 5.92 Å². The van der Waals surface area contributed by atoms with E-state index in [0.29, 0.717) is 18.9 Å². The van der Waals surface area contributed by atoms with Gasteiger partial charge in [-0.3, -0.25) is 9.59 Å². The highest BCUT2D eigenvalue weighted by Crippen LogP contribution is 2.19. The van der Waals surface area contributed by atoms with Gasteiger partial charge in [-0.25, -0.2) is 0 Å². The van der Waals surface area contributed by atoms with Crippen LogP contribution in [-0.4, -0.2) is 43.0 Å². The van der Waals surface area contributed by atoms with Gasteiger partial charge in [-0.05, 0) is 73.7 Å². The smallest absolute Gasteiger partial charge is 0.227 e. The van der Waals surface area contributed by atoms with Crippen LogP contribution in [0.3, 0.4) is 0 Å². The van der Waals surface area contributed by atoms with Crippen molar-refractivity contribution in [1.29, 1.82) is 0 Å². The lowest BCUT2D eigenvalue weighted by Gasteiger charge is -2.30. The number of amides is 2. The van der Waals surface area contributed by atoms with Gasteiger partial charge in [-0.15, -0.1) is 0 Å². The van der Waals surface area contributed by atoms with Crippen molar-refractivity contribution in [2.45, 2.75) is 45.4 Å². The summed E-state index contributed by atoms with van der Waals surface area (Å²) in [6.45, 7) is 7.47. The number of piperidine rings is 1. The zero-order valence-corrected chi connectivity index (χ0v) is 19.2. The highest BCUT2D eigenvalue weighted by Gasteiger charge is 2.22. The molecule has 0 aromatic heterocycles. The van der Waals surface area contributed by atoms with Gasteiger partial charge >= 0.3 is 0 Å². The van der Waals surface area contributed by atoms with Gasteiger partial charge in [0.15, 0.2) is 0 Å². The lowest BCUT2D eigenvalue weighted by molar-refractivity contribution is -0.123. The lowest BCUT2D eigenvalue weighted by atomic mass is 9.96. The number of anilines is 1. The number of hydrogen-bond acceptors (Lipinski definition) is 4. The van der Waals surface area contributed by atoms with Gasteiger partial charge in [-0.1, -0.05) is 38.1 Å². The second-order valence-corrected chi connectivity index (χ2v) is 8.84. The standard InChI is InChI=1S/C26H35N3O3/c1-19(2)21-5-9-24(10-6-21)32-18-14-25(30)28-23-7-3-20(4-8-23)11-15-29-16-12-22(13-17-29)26(27)31/h3-10,19,22H,11-18H2,1-2H3,(H2,27,31)(H,28,30). The molecule has 1 fully saturated rings. The molecule has 0 unspecified atom stereocenters. The van der Waals surface area contributed by atoms with Crippen LogP contribution in [0.4, 0.5) is 5.69 Å². The van der Waals surface area contributed by atoms with E-state index in [4.69, 9.17) is 10.5 Å². The van der Waals surface area contributed by atoms with Crippen molar-refractivity contribution in [3.63, 3.8) is 0 Å². The average molecular weight is 438 g/mol. The summed E-state index contributed by atoms with van der Waals surface area (Å²) < 4.78 is 5.69. The van der Waals surface area contributed by atoms with E-state index in [-0.39, 0.29) is 17.7 Å². The van der Waals surface area contributed by atoms with Gasteiger partial charge in [0, 0.05) is 18.2 Å². The van der Waals surface area contributed by atoms with E-state index in [2.05, 4.69) is 48.3 Å². The largest absolute Gasteiger partial charge is 0.493 e. The van der Waals surface area contributed by atoms with Crippen LogP contribution in [0.2, 0.25) is 0 Å². The Bertz CT molecular complexity index is 870. The molecule has 3 rings (SSSR count). The Balaban J connectivity index is 1.35. The van der Waals surface area contributed by atoms with Crippen molar-refractivity contribution in [1.82, 2.24) is 4.90 Å². The third kappa shape index (κ3) is 7.38. The molecule has 0 aliphatic carbocycles. The number of carbonyl (C=O) groups excluding carboxylic acids is 2. The summed E-state index contributed by atoms with van der Waals surface area (Å²) in [6, 6.07) is 16.0. The maximum atomic E-state index is 12.2. The summed E-state index contributed by atoms with van der Waals surface area (Å²) in [7, 11) is 0. The summed E-state index contributed by atoms with van der Waals surface area (Å²) in [4.78, 5) is 25.9. The number of primary amides is 1. The zero-order valence-electron chi connectivity index (χ0n) is 19.2. The van der Waals surface area contributed by atoms with Crippen LogP contribution in [0.1, 0.15) is 50.2 Å². The summed E-state index contributed by atoms with van der Waals surface area (Å²) in [5.74, 6) is 1.07. The number of benzene rings is 2. The first-order valence-electron chi connectivity index (χ1n) is 11.5. The molecule has 6 nitrogen and oxygen atoms in total. The van der Waals surface area contributed by atoms with E-state index < -0.39 is 0 Å². The molecule has 2 aromatic rings. The molecule has 172 valence electrons. The number of hydrogen-bond donors (Lipinski definition) is 2. The van der Waals surface area contributed by atoms with Gasteiger partial charge in [-0.2, -0.15) is 0 Å². The summed E-state index contributed by atoms with van der Waals surface area (Å²) in [6.07, 6.45) is 2.95. The molecule has 3 N–H and O–H groups in total. The van der Waals surface area contributed by atoms with Crippen molar-refractivity contribution in [3.8, 4) is 5.75 Å². The molecule has 32 heavy (non-hydrogen) atoms. The predicted molar refractivity (Wildman–Crippen MR) is 128 cm³/mol. The molecule has 2 amide bonds. The Hall–Kier alpha value is -2.86. The zero-order chi connectivity index (χ0) is 22.9. The van der Waals surface area contributed by atoms with Crippen molar-refractivity contribution in [2.75, 3.05) is 31.6 Å². The van der Waals surface area contributed by atoms with Crippen molar-refractivity contribution >= 4 is 17.5 Å². The molecule has 1 heterocycles. The molecule has 0 bridgehead atoms. The van der Waals surface area contributed by atoms with Gasteiger partial charge in [0.05, 0.1) is 13.0 Å². The Kier molecular flexibility index (Phi) is 8.68. The topological polar surface area (TPSA) is 84.7 Å². The molecule has 0 radical (unpaired) electrons. The number of ether oxygens (including phenoxy) is 1. The van der Waals surface area contributed by atoms with Crippen molar-refractivity contribution in [3.05, 3.63) is 59.7 Å². The van der Waals surface area contributed by atoms with E-state index in [1.54, 1.807) is 0 Å². The Morgan fingerprint density at radius 2 is 1.72 bits per heavy atom. The second-order valence-electron chi connectivity index (χ2n) is 8.84. The maximum absolute atomic E-state index is 12.2. The van der Waals surface area contributed by atoms with E-state index >= 15 is 0 Å². The molecular formula is C26H35N3O3. The predicted octanol–water partition coefficient (Wildman–Crippen LogP) is 3.96. The first-order valence-corrected chi connectivity index (χ1v) is 11.5. The number of carbonyl (C=O) groups is 2. The van der Waals surface area contributed by atoms with E-state index in [1.807, 2.05) is 24.3 Å². The molecule has 6 heteroatoms. The lowest BCUT2D eigenvalue weighted by Crippen LogP contribution is -2.39. The summed E-state index contributed by atoms with van der Waals surface area (Å²) in [5.41, 5.74) is 8.69. The van der Waals surface area contributed by atoms with Crippen LogP contribution >= 0.6 is 0 Å². The van der Waals surface area contributed by atoms with Gasteiger partial charge < -0.3 is 20.7 Å². The minimum Gasteiger partial charge on any atom is -0.493 e. The quantitative estimate of drug-likeness (QED) is 0.589. The third-order valence-corrected chi connectivity index (χ3v) is 6.09. The molecule has 1 aliphatic heterocycles. The van der Waals surface area contributed by atoms with Crippen LogP contribution in [0.5, 0.6) is 5.75 Å². The molecule has 0 spiro atoms. The average Bonchev–Trinajstić information content (AvgIpc) is 2.79. The van der Waals surface area contributed by atoms with Crippen LogP contribution in [-0.2, 0) is 16.0 Å². The molecule has 1 aliphatic rings. The number of nitrogens with two attached hydrogens (primary N) is 1. The monoisotopic (exact) mass is 437 g/mol. The first kappa shape index (κ1) is 23.8. The minimum absolute atomic E-state index is 0.0324. The van der Waals surface area contributed by atoms with E-state index in [1.165, 1.54) is 11.1 Å². The molecular weight excluding hydrogens is 402 g/mol. The molecule has 0 atom stereocenters. The SMILES string of the molecule is CC(C)c1ccc(OCCC(=O)Nc2ccc(CCN3CCC(C(N)=O)CC3)cc2)cc1. The summed E-state index contributed by atoms with van der Waals surface area (Å²) in [5, 5.41) is 2.93. The Morgan fingerprint density at radius 1 is 1.06 bits per heavy atom. The minimum atomic E-state index is -0.172. The number of rotatable bonds is 10. The fourth-order valence-electron chi connectivity index (χ4n) is 3.92. The maximum Gasteiger partial charge on any atom is 0.227 e. The van der Waals surface area contributed by atoms with Gasteiger partial charge in [0.1, 0.15) is 5.75 Å². The van der Waals surface area contributed by atoms with Crippen LogP contribution in [0.25, 0.3) is 0 Å². The Morgan fingerprint density at radius 3 is 2.31 bits per heavy atom. The van der Waals surface area contributed by atoms with Crippen LogP contribution < -0.4 is 15.8 Å². The van der Waals surface area contributed by atoms with E-state index in [9.17, 15) is 9.59 Å². The van der Waals surface area contributed by atoms with Gasteiger partial charge in [0.2, 0.25) is 11.8 Å². The fourth-order valence-corrected chi connectivity index (χ4v) is 3.92. The van der Waals surface area contributed by atoms with Crippen LogP contribution in [0.15, 0.2) is 48.5 Å². The van der Waals surface area contributed by atoms with E-state index in [0.717, 1.165) is 50.3 Å². The molecule has 1 saturated heterocycles. The number of nitrogens with one attached hydrogen (secondary N) is 1. The van der Waals surface area contributed by atoms with Crippen molar-refractivity contribution < 1.29 is 14.3 Å². The fraction of sp³-hybridized carbons (Fsp3) is 0.462. The normalized spacial score (nSPS) is 15.0. The number of likely N-dealkylation sites (tertiary alicyclic amines) is 1. The Labute approximate surface area is 191 Å². The van der Waals surface area contributed by atoms with Crippen molar-refractivity contribution in [2.24, 2.45) is 11.7 Å².